The molecule has 1 saturated heterocycles. The van der Waals surface area contributed by atoms with Crippen LogP contribution in [0.5, 0.6) is 5.75 Å². The van der Waals surface area contributed by atoms with Gasteiger partial charge in [0, 0.05) is 24.8 Å². The van der Waals surface area contributed by atoms with Crippen LogP contribution in [0.3, 0.4) is 0 Å². The summed E-state index contributed by atoms with van der Waals surface area (Å²) in [4.78, 5) is 22.7. The van der Waals surface area contributed by atoms with E-state index in [2.05, 4.69) is 15.3 Å². The first-order valence-electron chi connectivity index (χ1n) is 7.78. The van der Waals surface area contributed by atoms with Gasteiger partial charge in [-0.15, -0.1) is 0 Å². The Hall–Kier alpha value is -2.63. The lowest BCUT2D eigenvalue weighted by Crippen LogP contribution is -2.36. The Balaban J connectivity index is 1.67. The molecule has 23 heavy (non-hydrogen) atoms. The predicted octanol–water partition coefficient (Wildman–Crippen LogP) is 2.85. The van der Waals surface area contributed by atoms with Crippen LogP contribution in [0.4, 0.5) is 11.5 Å². The summed E-state index contributed by atoms with van der Waals surface area (Å²) in [6.07, 6.45) is 6.43. The highest BCUT2D eigenvalue weighted by atomic mass is 16.5. The molecule has 1 N–H and O–H groups in total. The van der Waals surface area contributed by atoms with Crippen molar-refractivity contribution in [2.75, 3.05) is 25.5 Å². The van der Waals surface area contributed by atoms with Crippen molar-refractivity contribution in [3.8, 4) is 5.75 Å². The Morgan fingerprint density at radius 1 is 1.17 bits per heavy atom. The molecule has 0 unspecified atom stereocenters. The highest BCUT2D eigenvalue weighted by Gasteiger charge is 2.19. The highest BCUT2D eigenvalue weighted by Crippen LogP contribution is 2.20. The molecule has 1 fully saturated rings. The molecule has 2 aromatic rings. The Bertz CT molecular complexity index is 667. The summed E-state index contributed by atoms with van der Waals surface area (Å²) >= 11 is 0. The van der Waals surface area contributed by atoms with E-state index < -0.39 is 0 Å². The van der Waals surface area contributed by atoms with Crippen LogP contribution in [0, 0.1) is 0 Å². The van der Waals surface area contributed by atoms with E-state index in [0.717, 1.165) is 37.4 Å². The standard InChI is InChI=1S/C17H20N4O2/c1-23-14-7-5-6-13(10-14)20-16-12-18-15(11-19-16)17(22)21-8-3-2-4-9-21/h5-7,10-12H,2-4,8-9H2,1H3,(H,19,20). The van der Waals surface area contributed by atoms with Crippen molar-refractivity contribution in [3.05, 3.63) is 42.4 Å². The summed E-state index contributed by atoms with van der Waals surface area (Å²) < 4.78 is 5.18. The molecule has 1 aromatic carbocycles. The summed E-state index contributed by atoms with van der Waals surface area (Å²) in [6, 6.07) is 7.55. The fraction of sp³-hybridized carbons (Fsp3) is 0.353. The highest BCUT2D eigenvalue weighted by molar-refractivity contribution is 5.92. The second-order valence-corrected chi connectivity index (χ2v) is 5.50. The van der Waals surface area contributed by atoms with Crippen LogP contribution in [0.15, 0.2) is 36.7 Å². The van der Waals surface area contributed by atoms with Crippen LogP contribution in [-0.4, -0.2) is 41.0 Å². The van der Waals surface area contributed by atoms with Gasteiger partial charge in [-0.1, -0.05) is 6.07 Å². The maximum Gasteiger partial charge on any atom is 0.274 e. The lowest BCUT2D eigenvalue weighted by molar-refractivity contribution is 0.0718. The first kappa shape index (κ1) is 15.3. The number of rotatable bonds is 4. The van der Waals surface area contributed by atoms with E-state index in [0.29, 0.717) is 11.5 Å². The molecule has 0 radical (unpaired) electrons. The third-order valence-corrected chi connectivity index (χ3v) is 3.86. The average Bonchev–Trinajstić information content (AvgIpc) is 2.63. The average molecular weight is 312 g/mol. The number of methoxy groups -OCH3 is 1. The molecule has 6 heteroatoms. The maximum atomic E-state index is 12.3. The monoisotopic (exact) mass is 312 g/mol. The molecule has 120 valence electrons. The number of nitrogens with one attached hydrogen (secondary N) is 1. The number of hydrogen-bond donors (Lipinski definition) is 1. The number of carbonyl (C=O) groups excluding carboxylic acids is 1. The number of carbonyl (C=O) groups is 1. The second-order valence-electron chi connectivity index (χ2n) is 5.50. The summed E-state index contributed by atoms with van der Waals surface area (Å²) in [5, 5.41) is 3.15. The topological polar surface area (TPSA) is 67.3 Å². The van der Waals surface area contributed by atoms with E-state index >= 15 is 0 Å². The van der Waals surface area contributed by atoms with Gasteiger partial charge in [-0.05, 0) is 31.4 Å². The third kappa shape index (κ3) is 3.77. The van der Waals surface area contributed by atoms with Crippen LogP contribution in [0.2, 0.25) is 0 Å². The van der Waals surface area contributed by atoms with Gasteiger partial charge in [0.25, 0.3) is 5.91 Å². The number of anilines is 2. The largest absolute Gasteiger partial charge is 0.497 e. The summed E-state index contributed by atoms with van der Waals surface area (Å²) in [6.45, 7) is 1.62. The van der Waals surface area contributed by atoms with Gasteiger partial charge in [-0.25, -0.2) is 9.97 Å². The van der Waals surface area contributed by atoms with Crippen LogP contribution in [-0.2, 0) is 0 Å². The minimum Gasteiger partial charge on any atom is -0.497 e. The normalized spacial score (nSPS) is 14.4. The fourth-order valence-electron chi connectivity index (χ4n) is 2.61. The Labute approximate surface area is 135 Å². The molecule has 1 aromatic heterocycles. The lowest BCUT2D eigenvalue weighted by atomic mass is 10.1. The molecule has 6 nitrogen and oxygen atoms in total. The Morgan fingerprint density at radius 3 is 2.70 bits per heavy atom. The SMILES string of the molecule is COc1cccc(Nc2cnc(C(=O)N3CCCCC3)cn2)c1. The van der Waals surface area contributed by atoms with Gasteiger partial charge in [0.2, 0.25) is 0 Å². The van der Waals surface area contributed by atoms with Crippen LogP contribution in [0.25, 0.3) is 0 Å². The number of nitrogens with zero attached hydrogens (tertiary/aromatic N) is 3. The zero-order valence-electron chi connectivity index (χ0n) is 13.2. The zero-order chi connectivity index (χ0) is 16.1. The van der Waals surface area contributed by atoms with Gasteiger partial charge in [0.15, 0.2) is 0 Å². The molecular weight excluding hydrogens is 292 g/mol. The van der Waals surface area contributed by atoms with Gasteiger partial charge in [0.05, 0.1) is 19.5 Å². The second kappa shape index (κ2) is 7.09. The first-order chi connectivity index (χ1) is 11.3. The number of ether oxygens (including phenoxy) is 1. The van der Waals surface area contributed by atoms with Gasteiger partial charge < -0.3 is 15.0 Å². The number of likely N-dealkylation sites (tertiary alicyclic amines) is 1. The van der Waals surface area contributed by atoms with Crippen molar-refractivity contribution >= 4 is 17.4 Å². The van der Waals surface area contributed by atoms with Crippen molar-refractivity contribution in [3.63, 3.8) is 0 Å². The third-order valence-electron chi connectivity index (χ3n) is 3.86. The van der Waals surface area contributed by atoms with Crippen molar-refractivity contribution in [2.45, 2.75) is 19.3 Å². The Kier molecular flexibility index (Phi) is 4.71. The number of benzene rings is 1. The molecule has 0 atom stereocenters. The number of amides is 1. The molecule has 1 amide bonds. The van der Waals surface area contributed by atoms with Gasteiger partial charge >= 0.3 is 0 Å². The minimum atomic E-state index is -0.0369. The smallest absolute Gasteiger partial charge is 0.274 e. The van der Waals surface area contributed by atoms with Gasteiger partial charge in [-0.2, -0.15) is 0 Å². The van der Waals surface area contributed by atoms with Gasteiger partial charge in [-0.3, -0.25) is 4.79 Å². The van der Waals surface area contributed by atoms with Crippen LogP contribution < -0.4 is 10.1 Å². The van der Waals surface area contributed by atoms with Crippen molar-refractivity contribution in [1.29, 1.82) is 0 Å². The van der Waals surface area contributed by atoms with Crippen molar-refractivity contribution in [1.82, 2.24) is 14.9 Å². The quantitative estimate of drug-likeness (QED) is 0.940. The summed E-state index contributed by atoms with van der Waals surface area (Å²) in [7, 11) is 1.62. The van der Waals surface area contributed by atoms with E-state index in [-0.39, 0.29) is 5.91 Å². The fourth-order valence-corrected chi connectivity index (χ4v) is 2.61. The number of aromatic nitrogens is 2. The zero-order valence-corrected chi connectivity index (χ0v) is 13.2. The maximum absolute atomic E-state index is 12.3. The molecule has 0 bridgehead atoms. The van der Waals surface area contributed by atoms with Crippen molar-refractivity contribution in [2.24, 2.45) is 0 Å². The molecular formula is C17H20N4O2. The van der Waals surface area contributed by atoms with E-state index in [1.807, 2.05) is 29.2 Å². The van der Waals surface area contributed by atoms with E-state index in [1.54, 1.807) is 13.3 Å². The molecule has 0 spiro atoms. The van der Waals surface area contributed by atoms with E-state index in [9.17, 15) is 4.79 Å². The minimum absolute atomic E-state index is 0.0369. The predicted molar refractivity (Wildman–Crippen MR) is 88.1 cm³/mol. The van der Waals surface area contributed by atoms with Crippen molar-refractivity contribution < 1.29 is 9.53 Å². The van der Waals surface area contributed by atoms with E-state index in [4.69, 9.17) is 4.74 Å². The summed E-state index contributed by atoms with van der Waals surface area (Å²) in [5.41, 5.74) is 1.25. The number of piperidine rings is 1. The molecule has 1 aliphatic rings. The summed E-state index contributed by atoms with van der Waals surface area (Å²) in [5.74, 6) is 1.32. The molecule has 2 heterocycles. The molecule has 3 rings (SSSR count). The van der Waals surface area contributed by atoms with Crippen LogP contribution >= 0.6 is 0 Å². The molecule has 0 saturated carbocycles. The van der Waals surface area contributed by atoms with Gasteiger partial charge in [0.1, 0.15) is 17.3 Å². The lowest BCUT2D eigenvalue weighted by Gasteiger charge is -2.26. The number of hydrogen-bond acceptors (Lipinski definition) is 5. The van der Waals surface area contributed by atoms with Crippen LogP contribution in [0.1, 0.15) is 29.8 Å². The first-order valence-corrected chi connectivity index (χ1v) is 7.78. The van der Waals surface area contributed by atoms with E-state index in [1.165, 1.54) is 12.6 Å². The molecule has 0 aliphatic carbocycles. The molecule has 1 aliphatic heterocycles. The Morgan fingerprint density at radius 2 is 2.00 bits per heavy atom.